The second-order valence-corrected chi connectivity index (χ2v) is 6.70. The number of aromatic nitrogens is 1. The van der Waals surface area contributed by atoms with E-state index in [9.17, 15) is 0 Å². The van der Waals surface area contributed by atoms with Crippen molar-refractivity contribution in [2.75, 3.05) is 7.11 Å². The van der Waals surface area contributed by atoms with Crippen LogP contribution in [0.5, 0.6) is 5.75 Å². The topological polar surface area (TPSA) is 22.1 Å². The molecule has 0 aliphatic carbocycles. The van der Waals surface area contributed by atoms with Gasteiger partial charge in [-0.25, -0.2) is 0 Å². The number of rotatable bonds is 10. The Kier molecular flexibility index (Phi) is 7.97. The van der Waals surface area contributed by atoms with E-state index in [1.807, 2.05) is 6.20 Å². The summed E-state index contributed by atoms with van der Waals surface area (Å²) in [7, 11) is 1.77. The van der Waals surface area contributed by atoms with Crippen LogP contribution in [0.3, 0.4) is 0 Å². The van der Waals surface area contributed by atoms with E-state index in [2.05, 4.69) is 45.0 Å². The molecule has 0 amide bonds. The maximum absolute atomic E-state index is 5.69. The number of nitrogens with zero attached hydrogens (tertiary/aromatic N) is 1. The molecule has 0 saturated carbocycles. The Hall–Kier alpha value is -1.83. The number of hydrogen-bond donors (Lipinski definition) is 0. The summed E-state index contributed by atoms with van der Waals surface area (Å²) in [4.78, 5) is 4.81. The lowest BCUT2D eigenvalue weighted by atomic mass is 9.94. The monoisotopic (exact) mass is 339 g/mol. The van der Waals surface area contributed by atoms with Gasteiger partial charge in [-0.1, -0.05) is 64.7 Å². The van der Waals surface area contributed by atoms with Crippen LogP contribution in [-0.4, -0.2) is 12.1 Å². The molecule has 2 heteroatoms. The Morgan fingerprint density at radius 2 is 1.56 bits per heavy atom. The smallest absolute Gasteiger partial charge is 0.125 e. The first-order chi connectivity index (χ1) is 12.2. The van der Waals surface area contributed by atoms with Gasteiger partial charge in [0.05, 0.1) is 12.8 Å². The minimum atomic E-state index is 0.980. The first kappa shape index (κ1) is 19.5. The van der Waals surface area contributed by atoms with Crippen molar-refractivity contribution in [3.8, 4) is 17.0 Å². The highest BCUT2D eigenvalue weighted by atomic mass is 16.5. The molecule has 2 rings (SSSR count). The van der Waals surface area contributed by atoms with E-state index >= 15 is 0 Å². The summed E-state index contributed by atoms with van der Waals surface area (Å²) in [6.07, 6.45) is 11.6. The fourth-order valence-corrected chi connectivity index (χ4v) is 3.47. The van der Waals surface area contributed by atoms with Crippen LogP contribution in [0.15, 0.2) is 30.5 Å². The van der Waals surface area contributed by atoms with Gasteiger partial charge in [-0.15, -0.1) is 0 Å². The number of benzene rings is 1. The average Bonchev–Trinajstić information content (AvgIpc) is 2.67. The fourth-order valence-electron chi connectivity index (χ4n) is 3.47. The minimum absolute atomic E-state index is 0.980. The zero-order chi connectivity index (χ0) is 18.1. The standard InChI is InChI=1S/C23H33NO/c1-5-8-9-10-11-13-20-17-24-21(16-22(20)25-4)23-18(6-2)14-12-15-19(23)7-3/h12,14-17H,5-11,13H2,1-4H3. The van der Waals surface area contributed by atoms with Crippen LogP contribution >= 0.6 is 0 Å². The minimum Gasteiger partial charge on any atom is -0.496 e. The van der Waals surface area contributed by atoms with Crippen molar-refractivity contribution in [3.05, 3.63) is 47.2 Å². The molecular formula is C23H33NO. The molecule has 0 saturated heterocycles. The van der Waals surface area contributed by atoms with E-state index in [4.69, 9.17) is 9.72 Å². The van der Waals surface area contributed by atoms with E-state index in [1.165, 1.54) is 54.4 Å². The van der Waals surface area contributed by atoms with Crippen molar-refractivity contribution in [3.63, 3.8) is 0 Å². The van der Waals surface area contributed by atoms with Crippen LogP contribution in [0.2, 0.25) is 0 Å². The normalized spacial score (nSPS) is 10.9. The molecule has 0 spiro atoms. The number of methoxy groups -OCH3 is 1. The number of aryl methyl sites for hydroxylation is 3. The van der Waals surface area contributed by atoms with E-state index < -0.39 is 0 Å². The molecule has 0 aliphatic rings. The van der Waals surface area contributed by atoms with Crippen molar-refractivity contribution >= 4 is 0 Å². The summed E-state index contributed by atoms with van der Waals surface area (Å²) >= 11 is 0. The van der Waals surface area contributed by atoms with Gasteiger partial charge in [0.15, 0.2) is 0 Å². The maximum atomic E-state index is 5.69. The number of ether oxygens (including phenoxy) is 1. The van der Waals surface area contributed by atoms with Crippen molar-refractivity contribution < 1.29 is 4.74 Å². The molecular weight excluding hydrogens is 306 g/mol. The molecule has 0 unspecified atom stereocenters. The Labute approximate surface area is 153 Å². The zero-order valence-electron chi connectivity index (χ0n) is 16.4. The predicted molar refractivity (Wildman–Crippen MR) is 107 cm³/mol. The van der Waals surface area contributed by atoms with Crippen LogP contribution in [0, 0.1) is 0 Å². The second-order valence-electron chi connectivity index (χ2n) is 6.70. The third kappa shape index (κ3) is 5.07. The van der Waals surface area contributed by atoms with Gasteiger partial charge in [0, 0.05) is 23.4 Å². The summed E-state index contributed by atoms with van der Waals surface area (Å²) in [5, 5.41) is 0. The average molecular weight is 340 g/mol. The quantitative estimate of drug-likeness (QED) is 0.468. The van der Waals surface area contributed by atoms with E-state index in [-0.39, 0.29) is 0 Å². The van der Waals surface area contributed by atoms with Crippen molar-refractivity contribution in [1.82, 2.24) is 4.98 Å². The Balaban J connectivity index is 2.24. The molecule has 0 fully saturated rings. The maximum Gasteiger partial charge on any atom is 0.125 e. The van der Waals surface area contributed by atoms with E-state index in [0.29, 0.717) is 0 Å². The molecule has 0 aliphatic heterocycles. The van der Waals surface area contributed by atoms with Crippen LogP contribution in [0.1, 0.15) is 69.6 Å². The van der Waals surface area contributed by atoms with Gasteiger partial charge in [-0.3, -0.25) is 4.98 Å². The molecule has 0 N–H and O–H groups in total. The summed E-state index contributed by atoms with van der Waals surface area (Å²) in [6.45, 7) is 6.67. The first-order valence-electron chi connectivity index (χ1n) is 9.89. The molecule has 0 atom stereocenters. The van der Waals surface area contributed by atoms with Gasteiger partial charge < -0.3 is 4.74 Å². The predicted octanol–water partition coefficient (Wildman–Crippen LogP) is 6.39. The number of unbranched alkanes of at least 4 members (excludes halogenated alkanes) is 4. The molecule has 0 bridgehead atoms. The van der Waals surface area contributed by atoms with Crippen molar-refractivity contribution in [2.24, 2.45) is 0 Å². The Morgan fingerprint density at radius 1 is 0.880 bits per heavy atom. The van der Waals surface area contributed by atoms with E-state index in [1.54, 1.807) is 7.11 Å². The van der Waals surface area contributed by atoms with Crippen LogP contribution in [0.25, 0.3) is 11.3 Å². The Morgan fingerprint density at radius 3 is 2.16 bits per heavy atom. The third-order valence-corrected chi connectivity index (χ3v) is 4.97. The highest BCUT2D eigenvalue weighted by Gasteiger charge is 2.13. The lowest BCUT2D eigenvalue weighted by molar-refractivity contribution is 0.408. The molecule has 0 radical (unpaired) electrons. The van der Waals surface area contributed by atoms with Gasteiger partial charge >= 0.3 is 0 Å². The molecule has 1 aromatic heterocycles. The zero-order valence-corrected chi connectivity index (χ0v) is 16.4. The molecule has 25 heavy (non-hydrogen) atoms. The molecule has 1 aromatic carbocycles. The molecule has 136 valence electrons. The van der Waals surface area contributed by atoms with Crippen molar-refractivity contribution in [2.45, 2.75) is 72.1 Å². The number of hydrogen-bond acceptors (Lipinski definition) is 2. The summed E-state index contributed by atoms with van der Waals surface area (Å²) in [5.74, 6) is 0.980. The summed E-state index contributed by atoms with van der Waals surface area (Å²) in [5.41, 5.74) is 6.29. The highest BCUT2D eigenvalue weighted by Crippen LogP contribution is 2.31. The van der Waals surface area contributed by atoms with Gasteiger partial charge in [0.2, 0.25) is 0 Å². The fraction of sp³-hybridized carbons (Fsp3) is 0.522. The van der Waals surface area contributed by atoms with E-state index in [0.717, 1.165) is 30.7 Å². The van der Waals surface area contributed by atoms with Gasteiger partial charge in [0.1, 0.15) is 5.75 Å². The Bertz CT molecular complexity index is 641. The second kappa shape index (κ2) is 10.2. The van der Waals surface area contributed by atoms with Gasteiger partial charge in [0.25, 0.3) is 0 Å². The van der Waals surface area contributed by atoms with Crippen LogP contribution < -0.4 is 4.74 Å². The molecule has 2 nitrogen and oxygen atoms in total. The van der Waals surface area contributed by atoms with Crippen molar-refractivity contribution in [1.29, 1.82) is 0 Å². The number of pyridine rings is 1. The molecule has 1 heterocycles. The van der Waals surface area contributed by atoms with Gasteiger partial charge in [-0.2, -0.15) is 0 Å². The highest BCUT2D eigenvalue weighted by molar-refractivity contribution is 5.69. The first-order valence-corrected chi connectivity index (χ1v) is 9.89. The lowest BCUT2D eigenvalue weighted by Crippen LogP contribution is -1.99. The van der Waals surface area contributed by atoms with Crippen LogP contribution in [0.4, 0.5) is 0 Å². The molecule has 2 aromatic rings. The largest absolute Gasteiger partial charge is 0.496 e. The lowest BCUT2D eigenvalue weighted by Gasteiger charge is -2.15. The summed E-state index contributed by atoms with van der Waals surface area (Å²) in [6, 6.07) is 8.71. The summed E-state index contributed by atoms with van der Waals surface area (Å²) < 4.78 is 5.69. The third-order valence-electron chi connectivity index (χ3n) is 4.97. The van der Waals surface area contributed by atoms with Crippen LogP contribution in [-0.2, 0) is 19.3 Å². The van der Waals surface area contributed by atoms with Gasteiger partial charge in [-0.05, 0) is 36.8 Å². The SMILES string of the molecule is CCCCCCCc1cnc(-c2c(CC)cccc2CC)cc1OC.